The molecule has 0 bridgehead atoms. The zero-order valence-corrected chi connectivity index (χ0v) is 8.63. The summed E-state index contributed by atoms with van der Waals surface area (Å²) < 4.78 is 0. The highest BCUT2D eigenvalue weighted by Crippen LogP contribution is 2.34. The fourth-order valence-corrected chi connectivity index (χ4v) is 2.01. The number of hydrogen-bond donors (Lipinski definition) is 3. The molecule has 0 saturated carbocycles. The van der Waals surface area contributed by atoms with Crippen molar-refractivity contribution in [1.29, 1.82) is 0 Å². The van der Waals surface area contributed by atoms with Crippen molar-refractivity contribution in [2.24, 2.45) is 0 Å². The van der Waals surface area contributed by atoms with Crippen molar-refractivity contribution in [2.75, 3.05) is 18.8 Å². The Hall–Kier alpha value is -1.82. The predicted molar refractivity (Wildman–Crippen MR) is 56.8 cm³/mol. The van der Waals surface area contributed by atoms with Gasteiger partial charge in [0.2, 0.25) is 0 Å². The third kappa shape index (κ3) is 1.67. The molecule has 0 spiro atoms. The molecule has 1 aliphatic heterocycles. The maximum Gasteiger partial charge on any atom is 0.407 e. The number of aliphatic hydroxyl groups is 1. The minimum Gasteiger partial charge on any atom is -0.465 e. The molecular weight excluding hydrogens is 210 g/mol. The van der Waals surface area contributed by atoms with Crippen LogP contribution in [0, 0.1) is 0 Å². The molecule has 1 aromatic heterocycles. The van der Waals surface area contributed by atoms with Crippen molar-refractivity contribution in [3.8, 4) is 0 Å². The summed E-state index contributed by atoms with van der Waals surface area (Å²) in [6.45, 7) is 0.365. The summed E-state index contributed by atoms with van der Waals surface area (Å²) in [5.74, 6) is 0. The van der Waals surface area contributed by atoms with Gasteiger partial charge in [-0.3, -0.25) is 4.98 Å². The number of hydrogen-bond acceptors (Lipinski definition) is 4. The number of nitrogens with two attached hydrogens (primary N) is 1. The van der Waals surface area contributed by atoms with Gasteiger partial charge in [0.25, 0.3) is 0 Å². The summed E-state index contributed by atoms with van der Waals surface area (Å²) in [4.78, 5) is 15.8. The van der Waals surface area contributed by atoms with Gasteiger partial charge in [-0.1, -0.05) is 0 Å². The number of carboxylic acid groups (broad SMARTS) is 1. The average Bonchev–Trinajstić information content (AvgIpc) is 2.63. The molecule has 0 aromatic carbocycles. The van der Waals surface area contributed by atoms with E-state index in [2.05, 4.69) is 4.98 Å². The van der Waals surface area contributed by atoms with Crippen LogP contribution in [0.2, 0.25) is 0 Å². The molecule has 1 saturated heterocycles. The second-order valence-electron chi connectivity index (χ2n) is 3.95. The van der Waals surface area contributed by atoms with Gasteiger partial charge in [0, 0.05) is 18.3 Å². The van der Waals surface area contributed by atoms with Gasteiger partial charge < -0.3 is 20.8 Å². The van der Waals surface area contributed by atoms with Crippen molar-refractivity contribution < 1.29 is 15.0 Å². The first kappa shape index (κ1) is 10.7. The van der Waals surface area contributed by atoms with Crippen LogP contribution in [0.5, 0.6) is 0 Å². The highest BCUT2D eigenvalue weighted by Gasteiger charge is 2.40. The fraction of sp³-hybridized carbons (Fsp3) is 0.400. The monoisotopic (exact) mass is 223 g/mol. The van der Waals surface area contributed by atoms with Crippen LogP contribution in [0.15, 0.2) is 18.5 Å². The first-order valence-corrected chi connectivity index (χ1v) is 4.93. The van der Waals surface area contributed by atoms with Gasteiger partial charge in [-0.15, -0.1) is 0 Å². The van der Waals surface area contributed by atoms with E-state index in [1.807, 2.05) is 0 Å². The number of rotatable bonds is 1. The first-order chi connectivity index (χ1) is 7.53. The maximum atomic E-state index is 10.8. The molecule has 0 aliphatic carbocycles. The Morgan fingerprint density at radius 3 is 2.94 bits per heavy atom. The van der Waals surface area contributed by atoms with Crippen molar-refractivity contribution >= 4 is 11.8 Å². The first-order valence-electron chi connectivity index (χ1n) is 4.93. The SMILES string of the molecule is Nc1cnccc1C1(O)CCN(C(=O)O)C1. The molecule has 2 heterocycles. The van der Waals surface area contributed by atoms with Crippen LogP contribution >= 0.6 is 0 Å². The van der Waals surface area contributed by atoms with Crippen molar-refractivity contribution in [2.45, 2.75) is 12.0 Å². The van der Waals surface area contributed by atoms with Gasteiger partial charge in [0.1, 0.15) is 5.60 Å². The standard InChI is InChI=1S/C10H13N3O3/c11-8-5-12-3-1-7(8)10(16)2-4-13(6-10)9(14)15/h1,3,5,16H,2,4,6,11H2,(H,14,15). The van der Waals surface area contributed by atoms with E-state index in [0.717, 1.165) is 0 Å². The fourth-order valence-electron chi connectivity index (χ4n) is 2.01. The molecule has 1 atom stereocenters. The molecule has 16 heavy (non-hydrogen) atoms. The van der Waals surface area contributed by atoms with Crippen molar-refractivity contribution in [3.63, 3.8) is 0 Å². The van der Waals surface area contributed by atoms with E-state index in [1.165, 1.54) is 17.3 Å². The number of β-amino-alcohol motifs (C(OH)–C–C–N with tert-alkyl or cyclic N) is 1. The molecular formula is C10H13N3O3. The molecule has 86 valence electrons. The largest absolute Gasteiger partial charge is 0.465 e. The highest BCUT2D eigenvalue weighted by atomic mass is 16.4. The lowest BCUT2D eigenvalue weighted by atomic mass is 9.93. The third-order valence-corrected chi connectivity index (χ3v) is 2.87. The molecule has 1 unspecified atom stereocenters. The Balaban J connectivity index is 2.28. The molecule has 6 nitrogen and oxygen atoms in total. The van der Waals surface area contributed by atoms with E-state index in [1.54, 1.807) is 6.07 Å². The van der Waals surface area contributed by atoms with Crippen LogP contribution in [-0.4, -0.2) is 39.3 Å². The lowest BCUT2D eigenvalue weighted by molar-refractivity contribution is 0.0465. The summed E-state index contributed by atoms with van der Waals surface area (Å²) >= 11 is 0. The van der Waals surface area contributed by atoms with E-state index < -0.39 is 11.7 Å². The van der Waals surface area contributed by atoms with Crippen LogP contribution in [-0.2, 0) is 5.60 Å². The number of anilines is 1. The Morgan fingerprint density at radius 1 is 1.62 bits per heavy atom. The van der Waals surface area contributed by atoms with Crippen LogP contribution in [0.3, 0.4) is 0 Å². The molecule has 2 rings (SSSR count). The lowest BCUT2D eigenvalue weighted by Gasteiger charge is -2.24. The molecule has 1 aromatic rings. The van der Waals surface area contributed by atoms with Crippen LogP contribution < -0.4 is 5.73 Å². The number of nitrogen functional groups attached to an aromatic ring is 1. The number of aromatic nitrogens is 1. The van der Waals surface area contributed by atoms with Gasteiger partial charge >= 0.3 is 6.09 Å². The van der Waals surface area contributed by atoms with Crippen molar-refractivity contribution in [3.05, 3.63) is 24.0 Å². The summed E-state index contributed by atoms with van der Waals surface area (Å²) in [6.07, 6.45) is 2.32. The number of nitrogens with zero attached hydrogens (tertiary/aromatic N) is 2. The van der Waals surface area contributed by atoms with Crippen molar-refractivity contribution in [1.82, 2.24) is 9.88 Å². The topological polar surface area (TPSA) is 99.7 Å². The van der Waals surface area contributed by atoms with Gasteiger partial charge in [-0.25, -0.2) is 4.79 Å². The molecule has 0 radical (unpaired) electrons. The predicted octanol–water partition coefficient (Wildman–Crippen LogP) is 0.235. The molecule has 1 amide bonds. The highest BCUT2D eigenvalue weighted by molar-refractivity contribution is 5.66. The molecule has 4 N–H and O–H groups in total. The summed E-state index contributed by atoms with van der Waals surface area (Å²) in [5.41, 5.74) is 5.46. The van der Waals surface area contributed by atoms with Gasteiger partial charge in [-0.05, 0) is 12.5 Å². The summed E-state index contributed by atoms with van der Waals surface area (Å²) in [5, 5.41) is 19.2. The lowest BCUT2D eigenvalue weighted by Crippen LogP contribution is -2.34. The Kier molecular flexibility index (Phi) is 2.43. The van der Waals surface area contributed by atoms with E-state index in [0.29, 0.717) is 24.2 Å². The zero-order valence-electron chi connectivity index (χ0n) is 8.63. The minimum atomic E-state index is -1.19. The molecule has 1 fully saturated rings. The van der Waals surface area contributed by atoms with Crippen LogP contribution in [0.25, 0.3) is 0 Å². The maximum absolute atomic E-state index is 10.8. The quantitative estimate of drug-likeness (QED) is 0.633. The van der Waals surface area contributed by atoms with E-state index >= 15 is 0 Å². The third-order valence-electron chi connectivity index (χ3n) is 2.87. The number of carbonyl (C=O) groups is 1. The number of amides is 1. The second-order valence-corrected chi connectivity index (χ2v) is 3.95. The van der Waals surface area contributed by atoms with Crippen LogP contribution in [0.4, 0.5) is 10.5 Å². The Bertz CT molecular complexity index is 424. The Morgan fingerprint density at radius 2 is 2.38 bits per heavy atom. The number of pyridine rings is 1. The van der Waals surface area contributed by atoms with Gasteiger partial charge in [-0.2, -0.15) is 0 Å². The average molecular weight is 223 g/mol. The smallest absolute Gasteiger partial charge is 0.407 e. The summed E-state index contributed by atoms with van der Waals surface area (Å²) in [6, 6.07) is 1.63. The molecule has 1 aliphatic rings. The van der Waals surface area contributed by atoms with E-state index in [9.17, 15) is 9.90 Å². The summed E-state index contributed by atoms with van der Waals surface area (Å²) in [7, 11) is 0. The second kappa shape index (κ2) is 3.64. The van der Waals surface area contributed by atoms with Crippen LogP contribution in [0.1, 0.15) is 12.0 Å². The normalized spacial score (nSPS) is 24.7. The van der Waals surface area contributed by atoms with Gasteiger partial charge in [0.15, 0.2) is 0 Å². The Labute approximate surface area is 92.3 Å². The minimum absolute atomic E-state index is 0.0521. The van der Waals surface area contributed by atoms with Gasteiger partial charge in [0.05, 0.1) is 18.4 Å². The van der Waals surface area contributed by atoms with E-state index in [-0.39, 0.29) is 6.54 Å². The zero-order chi connectivity index (χ0) is 11.8. The number of likely N-dealkylation sites (tertiary alicyclic amines) is 1. The van der Waals surface area contributed by atoms with E-state index in [4.69, 9.17) is 10.8 Å². The molecule has 6 heteroatoms.